The number of aryl methyl sites for hydroxylation is 1. The van der Waals surface area contributed by atoms with E-state index in [2.05, 4.69) is 34.6 Å². The standard InChI is InChI=1S/C18H22N2O/c1-19-18-6-2-5-15-12-16(7-8-17(15)18)21-11-9-14-4-3-10-20-13-14/h3-4,7-8,10,12-13,18-19H,2,5-6,9,11H2,1H3. The third kappa shape index (κ3) is 3.42. The highest BCUT2D eigenvalue weighted by Gasteiger charge is 2.18. The highest BCUT2D eigenvalue weighted by Crippen LogP contribution is 2.31. The van der Waals surface area contributed by atoms with Crippen LogP contribution in [0, 0.1) is 0 Å². The predicted molar refractivity (Wildman–Crippen MR) is 84.6 cm³/mol. The van der Waals surface area contributed by atoms with Crippen LogP contribution in [0.1, 0.15) is 35.6 Å². The molecular formula is C18H22N2O. The maximum atomic E-state index is 5.90. The molecule has 3 rings (SSSR count). The fourth-order valence-corrected chi connectivity index (χ4v) is 3.01. The summed E-state index contributed by atoms with van der Waals surface area (Å²) in [6.45, 7) is 0.694. The van der Waals surface area contributed by atoms with Crippen molar-refractivity contribution >= 4 is 0 Å². The van der Waals surface area contributed by atoms with Crippen LogP contribution in [0.3, 0.4) is 0 Å². The van der Waals surface area contributed by atoms with E-state index in [0.717, 1.165) is 18.6 Å². The Morgan fingerprint density at radius 2 is 2.29 bits per heavy atom. The van der Waals surface area contributed by atoms with Crippen molar-refractivity contribution in [2.75, 3.05) is 13.7 Å². The average molecular weight is 282 g/mol. The Morgan fingerprint density at radius 3 is 3.10 bits per heavy atom. The van der Waals surface area contributed by atoms with Crippen molar-refractivity contribution in [2.24, 2.45) is 0 Å². The van der Waals surface area contributed by atoms with Gasteiger partial charge in [-0.05, 0) is 61.2 Å². The Balaban J connectivity index is 1.62. The second-order valence-electron chi connectivity index (χ2n) is 5.55. The Bertz CT molecular complexity index is 583. The molecule has 1 unspecified atom stereocenters. The molecule has 2 aromatic rings. The van der Waals surface area contributed by atoms with E-state index >= 15 is 0 Å². The molecule has 0 aliphatic heterocycles. The highest BCUT2D eigenvalue weighted by molar-refractivity contribution is 5.39. The Morgan fingerprint density at radius 1 is 1.33 bits per heavy atom. The zero-order chi connectivity index (χ0) is 14.5. The molecule has 0 saturated heterocycles. The van der Waals surface area contributed by atoms with Crippen molar-refractivity contribution in [1.82, 2.24) is 10.3 Å². The van der Waals surface area contributed by atoms with Gasteiger partial charge in [0, 0.05) is 24.9 Å². The number of rotatable bonds is 5. The molecule has 1 aromatic heterocycles. The lowest BCUT2D eigenvalue weighted by Crippen LogP contribution is -2.21. The van der Waals surface area contributed by atoms with Gasteiger partial charge in [-0.1, -0.05) is 12.1 Å². The highest BCUT2D eigenvalue weighted by atomic mass is 16.5. The molecular weight excluding hydrogens is 260 g/mol. The molecule has 3 heteroatoms. The summed E-state index contributed by atoms with van der Waals surface area (Å²) < 4.78 is 5.90. The molecule has 0 saturated carbocycles. The lowest BCUT2D eigenvalue weighted by molar-refractivity contribution is 0.321. The molecule has 1 aromatic carbocycles. The number of pyridine rings is 1. The van der Waals surface area contributed by atoms with Crippen molar-refractivity contribution in [1.29, 1.82) is 0 Å². The van der Waals surface area contributed by atoms with E-state index in [9.17, 15) is 0 Å². The van der Waals surface area contributed by atoms with E-state index in [4.69, 9.17) is 4.74 Å². The van der Waals surface area contributed by atoms with Crippen LogP contribution in [-0.2, 0) is 12.8 Å². The lowest BCUT2D eigenvalue weighted by atomic mass is 9.87. The van der Waals surface area contributed by atoms with E-state index in [1.165, 1.54) is 29.5 Å². The topological polar surface area (TPSA) is 34.1 Å². The van der Waals surface area contributed by atoms with Gasteiger partial charge in [-0.15, -0.1) is 0 Å². The van der Waals surface area contributed by atoms with Gasteiger partial charge in [-0.25, -0.2) is 0 Å². The third-order valence-corrected chi connectivity index (χ3v) is 4.16. The summed E-state index contributed by atoms with van der Waals surface area (Å²) >= 11 is 0. The van der Waals surface area contributed by atoms with Crippen LogP contribution in [0.15, 0.2) is 42.7 Å². The molecule has 1 aliphatic carbocycles. The number of ether oxygens (including phenoxy) is 1. The van der Waals surface area contributed by atoms with Crippen molar-refractivity contribution in [3.8, 4) is 5.75 Å². The summed E-state index contributed by atoms with van der Waals surface area (Å²) in [5.74, 6) is 0.981. The minimum absolute atomic E-state index is 0.498. The van der Waals surface area contributed by atoms with E-state index in [-0.39, 0.29) is 0 Å². The van der Waals surface area contributed by atoms with E-state index in [0.29, 0.717) is 12.6 Å². The van der Waals surface area contributed by atoms with Crippen LogP contribution >= 0.6 is 0 Å². The zero-order valence-corrected chi connectivity index (χ0v) is 12.5. The summed E-state index contributed by atoms with van der Waals surface area (Å²) in [6.07, 6.45) is 8.22. The molecule has 110 valence electrons. The maximum absolute atomic E-state index is 5.90. The second kappa shape index (κ2) is 6.72. The quantitative estimate of drug-likeness (QED) is 0.913. The SMILES string of the molecule is CNC1CCCc2cc(OCCc3cccnc3)ccc21. The van der Waals surface area contributed by atoms with Crippen LogP contribution in [-0.4, -0.2) is 18.6 Å². The largest absolute Gasteiger partial charge is 0.493 e. The first-order chi connectivity index (χ1) is 10.4. The number of fused-ring (bicyclic) bond motifs is 1. The second-order valence-corrected chi connectivity index (χ2v) is 5.55. The van der Waals surface area contributed by atoms with Crippen LogP contribution in [0.25, 0.3) is 0 Å². The maximum Gasteiger partial charge on any atom is 0.119 e. The summed E-state index contributed by atoms with van der Waals surface area (Å²) in [5, 5.41) is 3.40. The monoisotopic (exact) mass is 282 g/mol. The summed E-state index contributed by atoms with van der Waals surface area (Å²) in [5.41, 5.74) is 4.08. The normalized spacial score (nSPS) is 17.3. The van der Waals surface area contributed by atoms with Gasteiger partial charge in [0.25, 0.3) is 0 Å². The van der Waals surface area contributed by atoms with Crippen molar-refractivity contribution < 1.29 is 4.74 Å². The van der Waals surface area contributed by atoms with Gasteiger partial charge in [0.15, 0.2) is 0 Å². The molecule has 1 aliphatic rings. The number of nitrogens with zero attached hydrogens (tertiary/aromatic N) is 1. The molecule has 1 heterocycles. The number of hydrogen-bond acceptors (Lipinski definition) is 3. The van der Waals surface area contributed by atoms with Gasteiger partial charge < -0.3 is 10.1 Å². The molecule has 1 N–H and O–H groups in total. The summed E-state index contributed by atoms with van der Waals surface area (Å²) in [6, 6.07) is 11.1. The fourth-order valence-electron chi connectivity index (χ4n) is 3.01. The molecule has 0 fully saturated rings. The van der Waals surface area contributed by atoms with E-state index in [1.807, 2.05) is 19.3 Å². The van der Waals surface area contributed by atoms with Crippen molar-refractivity contribution in [2.45, 2.75) is 31.7 Å². The first-order valence-electron chi connectivity index (χ1n) is 7.68. The van der Waals surface area contributed by atoms with Gasteiger partial charge in [-0.2, -0.15) is 0 Å². The minimum Gasteiger partial charge on any atom is -0.493 e. The summed E-state index contributed by atoms with van der Waals surface area (Å²) in [7, 11) is 2.04. The third-order valence-electron chi connectivity index (χ3n) is 4.16. The molecule has 21 heavy (non-hydrogen) atoms. The van der Waals surface area contributed by atoms with E-state index < -0.39 is 0 Å². The van der Waals surface area contributed by atoms with Crippen LogP contribution in [0.5, 0.6) is 5.75 Å². The number of aromatic nitrogens is 1. The molecule has 0 amide bonds. The fraction of sp³-hybridized carbons (Fsp3) is 0.389. The van der Waals surface area contributed by atoms with Crippen molar-refractivity contribution in [3.05, 3.63) is 59.4 Å². The van der Waals surface area contributed by atoms with Crippen LogP contribution < -0.4 is 10.1 Å². The van der Waals surface area contributed by atoms with Gasteiger partial charge in [0.05, 0.1) is 6.61 Å². The molecule has 3 nitrogen and oxygen atoms in total. The smallest absolute Gasteiger partial charge is 0.119 e. The zero-order valence-electron chi connectivity index (χ0n) is 12.5. The van der Waals surface area contributed by atoms with Gasteiger partial charge >= 0.3 is 0 Å². The molecule has 0 spiro atoms. The van der Waals surface area contributed by atoms with Crippen LogP contribution in [0.4, 0.5) is 0 Å². The first-order valence-corrected chi connectivity index (χ1v) is 7.68. The Labute approximate surface area is 126 Å². The summed E-state index contributed by atoms with van der Waals surface area (Å²) in [4.78, 5) is 4.12. The Kier molecular flexibility index (Phi) is 4.51. The average Bonchev–Trinajstić information content (AvgIpc) is 2.55. The minimum atomic E-state index is 0.498. The molecule has 0 radical (unpaired) electrons. The molecule has 1 atom stereocenters. The number of hydrogen-bond donors (Lipinski definition) is 1. The lowest BCUT2D eigenvalue weighted by Gasteiger charge is -2.25. The van der Waals surface area contributed by atoms with Gasteiger partial charge in [-0.3, -0.25) is 4.98 Å². The molecule has 0 bridgehead atoms. The van der Waals surface area contributed by atoms with Crippen molar-refractivity contribution in [3.63, 3.8) is 0 Å². The Hall–Kier alpha value is -1.87. The number of nitrogens with one attached hydrogen (secondary N) is 1. The first kappa shape index (κ1) is 14.1. The van der Waals surface area contributed by atoms with Crippen LogP contribution in [0.2, 0.25) is 0 Å². The van der Waals surface area contributed by atoms with Gasteiger partial charge in [0.2, 0.25) is 0 Å². The van der Waals surface area contributed by atoms with Gasteiger partial charge in [0.1, 0.15) is 5.75 Å². The van der Waals surface area contributed by atoms with E-state index in [1.54, 1.807) is 6.20 Å². The number of benzene rings is 1. The predicted octanol–water partition coefficient (Wildman–Crippen LogP) is 3.30.